The number of aryl methyl sites for hydroxylation is 1. The maximum Gasteiger partial charge on any atom is 0.115 e. The van der Waals surface area contributed by atoms with Gasteiger partial charge in [0.1, 0.15) is 5.75 Å². The van der Waals surface area contributed by atoms with Crippen molar-refractivity contribution in [3.63, 3.8) is 0 Å². The molecule has 1 aliphatic heterocycles. The lowest BCUT2D eigenvalue weighted by Gasteiger charge is -2.27. The van der Waals surface area contributed by atoms with Gasteiger partial charge in [0.05, 0.1) is 11.7 Å². The van der Waals surface area contributed by atoms with Gasteiger partial charge in [-0.15, -0.1) is 0 Å². The summed E-state index contributed by atoms with van der Waals surface area (Å²) in [6, 6.07) is 15.1. The largest absolute Gasteiger partial charge is 0.508 e. The van der Waals surface area contributed by atoms with Gasteiger partial charge in [0, 0.05) is 26.1 Å². The number of phenolic OH excluding ortho intramolecular Hbond substituents is 1. The maximum absolute atomic E-state index is 11.2. The number of aromatic hydroxyl groups is 1. The van der Waals surface area contributed by atoms with Crippen LogP contribution in [0.25, 0.3) is 0 Å². The first-order valence-corrected chi connectivity index (χ1v) is 9.88. The molecule has 1 saturated heterocycles. The van der Waals surface area contributed by atoms with Crippen LogP contribution in [0.15, 0.2) is 48.5 Å². The molecule has 2 aromatic carbocycles. The average molecular weight is 367 g/mol. The molecule has 1 aliphatic carbocycles. The van der Waals surface area contributed by atoms with Crippen molar-refractivity contribution in [3.8, 4) is 5.75 Å². The summed E-state index contributed by atoms with van der Waals surface area (Å²) >= 11 is 0. The second-order valence-electron chi connectivity index (χ2n) is 8.58. The summed E-state index contributed by atoms with van der Waals surface area (Å²) in [4.78, 5) is 2.32. The first kappa shape index (κ1) is 18.5. The third-order valence-electron chi connectivity index (χ3n) is 6.43. The highest BCUT2D eigenvalue weighted by Crippen LogP contribution is 2.45. The van der Waals surface area contributed by atoms with Gasteiger partial charge in [0.2, 0.25) is 0 Å². The molecule has 1 heterocycles. The van der Waals surface area contributed by atoms with E-state index in [2.05, 4.69) is 24.0 Å². The molecule has 144 valence electrons. The third kappa shape index (κ3) is 4.03. The van der Waals surface area contributed by atoms with Crippen LogP contribution in [0.4, 0.5) is 0 Å². The summed E-state index contributed by atoms with van der Waals surface area (Å²) in [6.45, 7) is 4.60. The van der Waals surface area contributed by atoms with Gasteiger partial charge in [-0.3, -0.25) is 4.90 Å². The fourth-order valence-corrected chi connectivity index (χ4v) is 5.06. The molecule has 2 fully saturated rings. The van der Waals surface area contributed by atoms with Crippen LogP contribution in [0.2, 0.25) is 0 Å². The lowest BCUT2D eigenvalue weighted by atomic mass is 9.89. The number of aliphatic hydroxyl groups excluding tert-OH is 1. The Labute approximate surface area is 161 Å². The highest BCUT2D eigenvalue weighted by molar-refractivity contribution is 5.28. The molecule has 4 rings (SSSR count). The molecule has 2 unspecified atom stereocenters. The van der Waals surface area contributed by atoms with Crippen LogP contribution in [0.1, 0.15) is 35.6 Å². The van der Waals surface area contributed by atoms with Crippen LogP contribution in [0.5, 0.6) is 5.75 Å². The summed E-state index contributed by atoms with van der Waals surface area (Å²) < 4.78 is 0. The molecule has 4 heteroatoms. The molecular formula is C23H29NO3. The van der Waals surface area contributed by atoms with Crippen LogP contribution < -0.4 is 0 Å². The Morgan fingerprint density at radius 3 is 2.30 bits per heavy atom. The van der Waals surface area contributed by atoms with Crippen molar-refractivity contribution in [1.29, 1.82) is 0 Å². The second kappa shape index (κ2) is 7.27. The van der Waals surface area contributed by atoms with Crippen LogP contribution in [-0.4, -0.2) is 45.5 Å². The van der Waals surface area contributed by atoms with E-state index in [1.165, 1.54) is 11.1 Å². The van der Waals surface area contributed by atoms with Crippen molar-refractivity contribution < 1.29 is 15.3 Å². The zero-order valence-electron chi connectivity index (χ0n) is 15.9. The molecule has 2 aliphatic rings. The Hall–Kier alpha value is -1.88. The second-order valence-corrected chi connectivity index (χ2v) is 8.58. The van der Waals surface area contributed by atoms with E-state index in [1.807, 2.05) is 12.1 Å². The Morgan fingerprint density at radius 2 is 1.67 bits per heavy atom. The van der Waals surface area contributed by atoms with Crippen molar-refractivity contribution in [1.82, 2.24) is 4.90 Å². The molecule has 3 N–H and O–H groups in total. The maximum atomic E-state index is 11.2. The molecular weight excluding hydrogens is 338 g/mol. The van der Waals surface area contributed by atoms with Gasteiger partial charge < -0.3 is 15.3 Å². The number of fused-ring (bicyclic) bond motifs is 1. The zero-order valence-corrected chi connectivity index (χ0v) is 15.9. The van der Waals surface area contributed by atoms with Crippen LogP contribution in [0, 0.1) is 18.8 Å². The van der Waals surface area contributed by atoms with E-state index in [4.69, 9.17) is 0 Å². The summed E-state index contributed by atoms with van der Waals surface area (Å²) in [5.74, 6) is 1.23. The van der Waals surface area contributed by atoms with Gasteiger partial charge in [-0.05, 0) is 60.4 Å². The van der Waals surface area contributed by atoms with Gasteiger partial charge in [-0.1, -0.05) is 36.4 Å². The first-order valence-electron chi connectivity index (χ1n) is 9.88. The van der Waals surface area contributed by atoms with Crippen molar-refractivity contribution in [3.05, 3.63) is 65.2 Å². The summed E-state index contributed by atoms with van der Waals surface area (Å²) in [5.41, 5.74) is 2.74. The van der Waals surface area contributed by atoms with Crippen molar-refractivity contribution >= 4 is 0 Å². The molecule has 4 nitrogen and oxygen atoms in total. The van der Waals surface area contributed by atoms with E-state index in [0.29, 0.717) is 18.4 Å². The molecule has 27 heavy (non-hydrogen) atoms. The normalized spacial score (nSPS) is 29.0. The minimum atomic E-state index is -0.594. The quantitative estimate of drug-likeness (QED) is 0.760. The Morgan fingerprint density at radius 1 is 1.04 bits per heavy atom. The molecule has 2 aromatic rings. The van der Waals surface area contributed by atoms with E-state index in [0.717, 1.165) is 37.9 Å². The highest BCUT2D eigenvalue weighted by Gasteiger charge is 2.48. The van der Waals surface area contributed by atoms with Gasteiger partial charge in [-0.25, -0.2) is 0 Å². The van der Waals surface area contributed by atoms with Crippen LogP contribution in [-0.2, 0) is 6.42 Å². The van der Waals surface area contributed by atoms with E-state index >= 15 is 0 Å². The van der Waals surface area contributed by atoms with Gasteiger partial charge in [0.15, 0.2) is 0 Å². The zero-order chi connectivity index (χ0) is 19.0. The molecule has 0 bridgehead atoms. The number of hydrogen-bond acceptors (Lipinski definition) is 4. The van der Waals surface area contributed by atoms with E-state index in [-0.39, 0.29) is 5.75 Å². The fourth-order valence-electron chi connectivity index (χ4n) is 5.06. The Kier molecular flexibility index (Phi) is 4.97. The lowest BCUT2D eigenvalue weighted by molar-refractivity contribution is 0.0327. The number of aliphatic hydroxyl groups is 2. The molecule has 0 aromatic heterocycles. The topological polar surface area (TPSA) is 63.9 Å². The number of likely N-dealkylation sites (tertiary alicyclic amines) is 1. The number of rotatable bonds is 5. The van der Waals surface area contributed by atoms with Crippen LogP contribution >= 0.6 is 0 Å². The summed E-state index contributed by atoms with van der Waals surface area (Å²) in [6.07, 6.45) is 1.88. The predicted octanol–water partition coefficient (Wildman–Crippen LogP) is 3.05. The molecule has 0 amide bonds. The van der Waals surface area contributed by atoms with E-state index in [9.17, 15) is 15.3 Å². The van der Waals surface area contributed by atoms with Gasteiger partial charge >= 0.3 is 0 Å². The standard InChI is InChI=1S/C23H29NO3/c1-16-4-2-3-5-18(16)10-23(27)11-19-13-24(14-20(19)12-23)15-22(26)17-6-8-21(25)9-7-17/h2-9,19-20,22,25-27H,10-15H2,1H3/t19-,20+,22?,23?. The minimum Gasteiger partial charge on any atom is -0.508 e. The van der Waals surface area contributed by atoms with Crippen molar-refractivity contribution in [2.24, 2.45) is 11.8 Å². The molecule has 4 atom stereocenters. The van der Waals surface area contributed by atoms with E-state index < -0.39 is 11.7 Å². The lowest BCUT2D eigenvalue weighted by Crippen LogP contribution is -2.33. The van der Waals surface area contributed by atoms with Crippen molar-refractivity contribution in [2.45, 2.75) is 37.9 Å². The number of benzene rings is 2. The number of nitrogens with zero attached hydrogens (tertiary/aromatic N) is 1. The number of phenols is 1. The van der Waals surface area contributed by atoms with E-state index in [1.54, 1.807) is 24.3 Å². The minimum absolute atomic E-state index is 0.217. The Balaban J connectivity index is 1.34. The molecule has 0 radical (unpaired) electrons. The number of β-amino-alcohol motifs (C(OH)–C–C–N with tert-alkyl or cyclic N) is 1. The van der Waals surface area contributed by atoms with Gasteiger partial charge in [-0.2, -0.15) is 0 Å². The number of hydrogen-bond donors (Lipinski definition) is 3. The van der Waals surface area contributed by atoms with Crippen molar-refractivity contribution in [2.75, 3.05) is 19.6 Å². The monoisotopic (exact) mass is 367 g/mol. The fraction of sp³-hybridized carbons (Fsp3) is 0.478. The SMILES string of the molecule is Cc1ccccc1CC1(O)C[C@H]2CN(CC(O)c3ccc(O)cc3)C[C@H]2C1. The Bertz CT molecular complexity index is 774. The first-order chi connectivity index (χ1) is 12.9. The smallest absolute Gasteiger partial charge is 0.115 e. The highest BCUT2D eigenvalue weighted by atomic mass is 16.3. The average Bonchev–Trinajstić information content (AvgIpc) is 3.11. The molecule has 1 saturated carbocycles. The van der Waals surface area contributed by atoms with Gasteiger partial charge in [0.25, 0.3) is 0 Å². The van der Waals surface area contributed by atoms with Crippen LogP contribution in [0.3, 0.4) is 0 Å². The molecule has 0 spiro atoms. The summed E-state index contributed by atoms with van der Waals surface area (Å²) in [7, 11) is 0. The summed E-state index contributed by atoms with van der Waals surface area (Å²) in [5, 5.41) is 31.0. The predicted molar refractivity (Wildman–Crippen MR) is 106 cm³/mol. The third-order valence-corrected chi connectivity index (χ3v) is 6.43.